The molecule has 2 aromatic rings. The molecule has 9 heteroatoms. The smallest absolute Gasteiger partial charge is 0.251 e. The monoisotopic (exact) mass is 542 g/mol. The highest BCUT2D eigenvalue weighted by molar-refractivity contribution is 5.97. The lowest BCUT2D eigenvalue weighted by Crippen LogP contribution is -2.48. The third-order valence-corrected chi connectivity index (χ3v) is 8.27. The maximum absolute atomic E-state index is 13.6. The van der Waals surface area contributed by atoms with Crippen LogP contribution in [0.4, 0.5) is 0 Å². The summed E-state index contributed by atoms with van der Waals surface area (Å²) in [6.45, 7) is 7.49. The summed E-state index contributed by atoms with van der Waals surface area (Å²) in [7, 11) is 3.17. The molecule has 0 radical (unpaired) electrons. The number of nitriles is 1. The van der Waals surface area contributed by atoms with Crippen molar-refractivity contribution < 1.29 is 14.4 Å². The zero-order chi connectivity index (χ0) is 29.0. The van der Waals surface area contributed by atoms with Gasteiger partial charge in [-0.3, -0.25) is 14.4 Å². The highest BCUT2D eigenvalue weighted by Crippen LogP contribution is 2.43. The number of likely N-dealkylation sites (tertiary alicyclic amines) is 1. The van der Waals surface area contributed by atoms with Crippen LogP contribution in [-0.2, 0) is 23.1 Å². The maximum atomic E-state index is 13.6. The number of nitrogens with zero attached hydrogens (tertiary/aromatic N) is 2. The van der Waals surface area contributed by atoms with Crippen LogP contribution < -0.4 is 21.7 Å². The summed E-state index contributed by atoms with van der Waals surface area (Å²) in [4.78, 5) is 40.6. The van der Waals surface area contributed by atoms with Crippen LogP contribution in [0.1, 0.15) is 69.2 Å². The van der Waals surface area contributed by atoms with Gasteiger partial charge in [-0.25, -0.2) is 0 Å². The minimum atomic E-state index is -1.19. The van der Waals surface area contributed by atoms with E-state index < -0.39 is 11.3 Å². The molecule has 2 aliphatic rings. The number of nitrogens with one attached hydrogen (secondary N) is 3. The van der Waals surface area contributed by atoms with E-state index >= 15 is 0 Å². The SMILES string of the molecule is C=C(CN[C@@H](C)CC1(C(N)=O)c2ccc(C(=O)NC)cc2CCc2cc(C(=O)NC)ccc21)N1CCCC1C#N. The second-order valence-electron chi connectivity index (χ2n) is 10.7. The Morgan fingerprint density at radius 3 is 2.10 bits per heavy atom. The molecule has 1 aliphatic heterocycles. The summed E-state index contributed by atoms with van der Waals surface area (Å²) in [5.41, 5.74) is 10.3. The lowest BCUT2D eigenvalue weighted by atomic mass is 9.68. The van der Waals surface area contributed by atoms with E-state index in [4.69, 9.17) is 5.73 Å². The first-order valence-electron chi connectivity index (χ1n) is 13.7. The summed E-state index contributed by atoms with van der Waals surface area (Å²) < 4.78 is 0. The van der Waals surface area contributed by atoms with Gasteiger partial charge < -0.3 is 26.6 Å². The average Bonchev–Trinajstić information content (AvgIpc) is 3.40. The highest BCUT2D eigenvalue weighted by atomic mass is 16.2. The van der Waals surface area contributed by atoms with Gasteiger partial charge in [0.1, 0.15) is 11.5 Å². The van der Waals surface area contributed by atoms with Gasteiger partial charge in [0.15, 0.2) is 0 Å². The Morgan fingerprint density at radius 1 is 1.07 bits per heavy atom. The zero-order valence-corrected chi connectivity index (χ0v) is 23.5. The lowest BCUT2D eigenvalue weighted by molar-refractivity contribution is -0.122. The summed E-state index contributed by atoms with van der Waals surface area (Å²) in [5, 5.41) is 18.3. The first kappa shape index (κ1) is 28.8. The van der Waals surface area contributed by atoms with Gasteiger partial charge in [-0.15, -0.1) is 0 Å². The molecule has 1 heterocycles. The molecule has 1 saturated heterocycles. The predicted molar refractivity (Wildman–Crippen MR) is 154 cm³/mol. The van der Waals surface area contributed by atoms with Crippen LogP contribution >= 0.6 is 0 Å². The molecule has 5 N–H and O–H groups in total. The van der Waals surface area contributed by atoms with E-state index in [0.29, 0.717) is 36.9 Å². The number of benzene rings is 2. The van der Waals surface area contributed by atoms with Gasteiger partial charge in [-0.05, 0) is 85.5 Å². The molecular formula is C31H38N6O3. The molecule has 9 nitrogen and oxygen atoms in total. The molecular weight excluding hydrogens is 504 g/mol. The summed E-state index contributed by atoms with van der Waals surface area (Å²) >= 11 is 0. The molecule has 2 atom stereocenters. The van der Waals surface area contributed by atoms with Crippen LogP contribution in [0, 0.1) is 11.3 Å². The summed E-state index contributed by atoms with van der Waals surface area (Å²) in [6.07, 6.45) is 3.32. The van der Waals surface area contributed by atoms with Crippen LogP contribution in [0.25, 0.3) is 0 Å². The Balaban J connectivity index is 1.75. The van der Waals surface area contributed by atoms with Crippen molar-refractivity contribution in [2.75, 3.05) is 27.2 Å². The van der Waals surface area contributed by atoms with Gasteiger partial charge in [-0.2, -0.15) is 5.26 Å². The minimum Gasteiger partial charge on any atom is -0.369 e. The number of carbonyl (C=O) groups excluding carboxylic acids is 3. The van der Waals surface area contributed by atoms with Gasteiger partial charge in [0.2, 0.25) is 5.91 Å². The number of hydrogen-bond donors (Lipinski definition) is 4. The molecule has 0 aromatic heterocycles. The molecule has 0 bridgehead atoms. The third kappa shape index (κ3) is 5.32. The summed E-state index contributed by atoms with van der Waals surface area (Å²) in [5.74, 6) is -0.904. The molecule has 40 heavy (non-hydrogen) atoms. The Labute approximate surface area is 235 Å². The summed E-state index contributed by atoms with van der Waals surface area (Å²) in [6, 6.07) is 12.9. The molecule has 0 spiro atoms. The first-order valence-corrected chi connectivity index (χ1v) is 13.7. The third-order valence-electron chi connectivity index (χ3n) is 8.27. The van der Waals surface area contributed by atoms with Crippen molar-refractivity contribution in [2.45, 2.75) is 56.5 Å². The van der Waals surface area contributed by atoms with Gasteiger partial charge in [0, 0.05) is 50.1 Å². The largest absolute Gasteiger partial charge is 0.369 e. The fourth-order valence-electron chi connectivity index (χ4n) is 6.21. The number of rotatable bonds is 9. The van der Waals surface area contributed by atoms with Crippen LogP contribution in [0.2, 0.25) is 0 Å². The van der Waals surface area contributed by atoms with Gasteiger partial charge in [0.25, 0.3) is 11.8 Å². The van der Waals surface area contributed by atoms with Crippen LogP contribution in [0.15, 0.2) is 48.7 Å². The highest BCUT2D eigenvalue weighted by Gasteiger charge is 2.45. The van der Waals surface area contributed by atoms with Gasteiger partial charge >= 0.3 is 0 Å². The van der Waals surface area contributed by atoms with E-state index in [-0.39, 0.29) is 23.9 Å². The fraction of sp³-hybridized carbons (Fsp3) is 0.419. The van der Waals surface area contributed by atoms with E-state index in [1.807, 2.05) is 36.1 Å². The van der Waals surface area contributed by atoms with Crippen molar-refractivity contribution in [3.05, 3.63) is 82.1 Å². The Kier molecular flexibility index (Phi) is 8.60. The topological polar surface area (TPSA) is 140 Å². The standard InChI is InChI=1S/C31H38N6O3/c1-19(36-18-20(2)37-13-5-6-25(37)17-32)16-31(30(33)40)26-11-9-23(28(38)34-3)14-21(26)7-8-22-15-24(29(39)35-4)10-12-27(22)31/h9-12,14-15,19,25,36H,2,5-8,13,16,18H2,1,3-4H3,(H2,33,40)(H,34,38)(H,35,39)/t19-,25?/m0/s1. The molecule has 0 saturated carbocycles. The quantitative estimate of drug-likeness (QED) is 0.383. The van der Waals surface area contributed by atoms with Crippen molar-refractivity contribution in [3.8, 4) is 6.07 Å². The average molecular weight is 543 g/mol. The van der Waals surface area contributed by atoms with Gasteiger partial charge in [0.05, 0.1) is 6.07 Å². The van der Waals surface area contributed by atoms with Gasteiger partial charge in [-0.1, -0.05) is 18.7 Å². The number of carbonyl (C=O) groups is 3. The molecule has 2 aromatic carbocycles. The predicted octanol–water partition coefficient (Wildman–Crippen LogP) is 2.15. The van der Waals surface area contributed by atoms with Crippen molar-refractivity contribution in [3.63, 3.8) is 0 Å². The first-order chi connectivity index (χ1) is 19.2. The molecule has 210 valence electrons. The van der Waals surface area contributed by atoms with E-state index in [2.05, 4.69) is 28.6 Å². The normalized spacial score (nSPS) is 17.9. The van der Waals surface area contributed by atoms with Crippen molar-refractivity contribution in [1.29, 1.82) is 5.26 Å². The van der Waals surface area contributed by atoms with Crippen molar-refractivity contribution in [1.82, 2.24) is 20.9 Å². The zero-order valence-electron chi connectivity index (χ0n) is 23.5. The van der Waals surface area contributed by atoms with Crippen LogP contribution in [-0.4, -0.2) is 61.9 Å². The molecule has 1 fully saturated rings. The Hall–Kier alpha value is -4.16. The lowest BCUT2D eigenvalue weighted by Gasteiger charge is -2.36. The minimum absolute atomic E-state index is 0.161. The number of aryl methyl sites for hydroxylation is 2. The fourth-order valence-corrected chi connectivity index (χ4v) is 6.21. The van der Waals surface area contributed by atoms with Crippen LogP contribution in [0.5, 0.6) is 0 Å². The van der Waals surface area contributed by atoms with E-state index in [1.54, 1.807) is 26.2 Å². The maximum Gasteiger partial charge on any atom is 0.251 e. The Morgan fingerprint density at radius 2 is 1.62 bits per heavy atom. The molecule has 4 rings (SSSR count). The number of primary amides is 1. The van der Waals surface area contributed by atoms with E-state index in [9.17, 15) is 19.6 Å². The number of nitrogens with two attached hydrogens (primary N) is 1. The molecule has 1 aliphatic carbocycles. The number of fused-ring (bicyclic) bond motifs is 2. The second-order valence-corrected chi connectivity index (χ2v) is 10.7. The number of amides is 3. The van der Waals surface area contributed by atoms with Crippen LogP contribution in [0.3, 0.4) is 0 Å². The van der Waals surface area contributed by atoms with E-state index in [0.717, 1.165) is 47.3 Å². The molecule has 3 amide bonds. The van der Waals surface area contributed by atoms with Crippen molar-refractivity contribution >= 4 is 17.7 Å². The van der Waals surface area contributed by atoms with Crippen molar-refractivity contribution in [2.24, 2.45) is 5.73 Å². The number of hydrogen-bond acceptors (Lipinski definition) is 6. The molecule has 1 unspecified atom stereocenters. The Bertz CT molecular complexity index is 1310. The second kappa shape index (κ2) is 11.9. The van der Waals surface area contributed by atoms with E-state index in [1.165, 1.54) is 0 Å².